The van der Waals surface area contributed by atoms with Crippen LogP contribution in [0.25, 0.3) is 0 Å². The van der Waals surface area contributed by atoms with E-state index in [-0.39, 0.29) is 0 Å². The van der Waals surface area contributed by atoms with Crippen LogP contribution in [-0.4, -0.2) is 18.5 Å². The van der Waals surface area contributed by atoms with Gasteiger partial charge in [-0.25, -0.2) is 0 Å². The van der Waals surface area contributed by atoms with Crippen LogP contribution in [0.1, 0.15) is 102 Å². The van der Waals surface area contributed by atoms with Crippen molar-refractivity contribution in [1.29, 1.82) is 0 Å². The lowest BCUT2D eigenvalue weighted by atomic mass is 10.1. The lowest BCUT2D eigenvalue weighted by molar-refractivity contribution is 0.316. The number of benzene rings is 1. The van der Waals surface area contributed by atoms with Gasteiger partial charge in [0.05, 0.1) is 0 Å². The van der Waals surface area contributed by atoms with Gasteiger partial charge in [-0.1, -0.05) is 107 Å². The highest BCUT2D eigenvalue weighted by atomic mass is 15.1. The van der Waals surface area contributed by atoms with Gasteiger partial charge in [0.15, 0.2) is 0 Å². The van der Waals surface area contributed by atoms with Gasteiger partial charge in [0.2, 0.25) is 0 Å². The highest BCUT2D eigenvalue weighted by molar-refractivity contribution is 5.14. The van der Waals surface area contributed by atoms with Crippen LogP contribution in [0.15, 0.2) is 42.5 Å². The molecule has 0 radical (unpaired) electrons. The Morgan fingerprint density at radius 2 is 1.19 bits per heavy atom. The van der Waals surface area contributed by atoms with Gasteiger partial charge in [0, 0.05) is 6.54 Å². The van der Waals surface area contributed by atoms with Crippen molar-refractivity contribution < 1.29 is 0 Å². The molecule has 0 aliphatic heterocycles. The van der Waals surface area contributed by atoms with Crippen molar-refractivity contribution in [2.75, 3.05) is 13.6 Å². The third-order valence-electron chi connectivity index (χ3n) is 5.35. The summed E-state index contributed by atoms with van der Waals surface area (Å²) in [6, 6.07) is 10.8. The van der Waals surface area contributed by atoms with E-state index >= 15 is 0 Å². The van der Waals surface area contributed by atoms with E-state index in [4.69, 9.17) is 0 Å². The van der Waals surface area contributed by atoms with Crippen LogP contribution in [0.3, 0.4) is 0 Å². The monoisotopic (exact) mass is 371 g/mol. The summed E-state index contributed by atoms with van der Waals surface area (Å²) in [6.45, 7) is 4.58. The summed E-state index contributed by atoms with van der Waals surface area (Å²) in [6.07, 6.45) is 24.2. The highest BCUT2D eigenvalue weighted by Gasteiger charge is 1.99. The molecule has 1 nitrogen and oxygen atoms in total. The van der Waals surface area contributed by atoms with E-state index in [1.807, 2.05) is 0 Å². The fraction of sp³-hybridized carbons (Fsp3) is 0.692. The molecule has 1 aromatic rings. The van der Waals surface area contributed by atoms with E-state index in [1.165, 1.54) is 102 Å². The van der Waals surface area contributed by atoms with E-state index in [2.05, 4.69) is 61.4 Å². The predicted octanol–water partition coefficient (Wildman–Crippen LogP) is 8.16. The van der Waals surface area contributed by atoms with Crippen LogP contribution in [0.2, 0.25) is 0 Å². The first-order chi connectivity index (χ1) is 13.3. The summed E-state index contributed by atoms with van der Waals surface area (Å²) >= 11 is 0. The van der Waals surface area contributed by atoms with E-state index in [9.17, 15) is 0 Å². The molecule has 154 valence electrons. The molecule has 0 aromatic heterocycles. The molecule has 1 heteroatoms. The van der Waals surface area contributed by atoms with Crippen molar-refractivity contribution in [2.24, 2.45) is 0 Å². The molecule has 0 atom stereocenters. The molecule has 0 N–H and O–H groups in total. The number of nitrogens with zero attached hydrogens (tertiary/aromatic N) is 1. The van der Waals surface area contributed by atoms with Gasteiger partial charge in [-0.05, 0) is 51.3 Å². The Hall–Kier alpha value is -1.08. The molecule has 0 amide bonds. The first kappa shape index (κ1) is 24.0. The first-order valence-corrected chi connectivity index (χ1v) is 11.7. The largest absolute Gasteiger partial charge is 0.302 e. The molecule has 0 fully saturated rings. The number of unbranched alkanes of at least 4 members (excludes halogenated alkanes) is 12. The quantitative estimate of drug-likeness (QED) is 0.186. The maximum absolute atomic E-state index is 2.45. The normalized spacial score (nSPS) is 11.7. The molecule has 27 heavy (non-hydrogen) atoms. The van der Waals surface area contributed by atoms with Crippen molar-refractivity contribution in [1.82, 2.24) is 4.90 Å². The molecule has 0 saturated carbocycles. The van der Waals surface area contributed by atoms with Gasteiger partial charge in [-0.2, -0.15) is 0 Å². The Morgan fingerprint density at radius 3 is 1.78 bits per heavy atom. The summed E-state index contributed by atoms with van der Waals surface area (Å²) in [7, 11) is 2.24. The average molecular weight is 372 g/mol. The molecule has 1 rings (SSSR count). The topological polar surface area (TPSA) is 3.24 Å². The van der Waals surface area contributed by atoms with Gasteiger partial charge in [0.1, 0.15) is 0 Å². The molecule has 0 heterocycles. The Bertz CT molecular complexity index is 437. The maximum atomic E-state index is 2.45. The van der Waals surface area contributed by atoms with Gasteiger partial charge < -0.3 is 4.90 Å². The molecule has 0 saturated heterocycles. The second-order valence-corrected chi connectivity index (χ2v) is 8.16. The summed E-state index contributed by atoms with van der Waals surface area (Å²) < 4.78 is 0. The van der Waals surface area contributed by atoms with Crippen LogP contribution in [-0.2, 0) is 6.54 Å². The van der Waals surface area contributed by atoms with Gasteiger partial charge >= 0.3 is 0 Å². The number of hydrogen-bond acceptors (Lipinski definition) is 1. The number of rotatable bonds is 18. The van der Waals surface area contributed by atoms with Crippen molar-refractivity contribution in [3.05, 3.63) is 48.0 Å². The van der Waals surface area contributed by atoms with Gasteiger partial charge in [-0.3, -0.25) is 0 Å². The summed E-state index contributed by atoms with van der Waals surface area (Å²) in [4.78, 5) is 2.45. The number of hydrogen-bond donors (Lipinski definition) is 0. The predicted molar refractivity (Wildman–Crippen MR) is 122 cm³/mol. The van der Waals surface area contributed by atoms with Crippen LogP contribution in [0, 0.1) is 0 Å². The standard InChI is InChI=1S/C26H45N/c1-3-4-5-6-7-8-9-10-11-12-13-14-15-16-17-21-24-27(2)25-26-22-19-18-20-23-26/h10-11,18-20,22-23H,3-9,12-17,21,24-25H2,1-2H3/b11-10-. The Kier molecular flexibility index (Phi) is 16.2. The molecule has 0 aliphatic rings. The lowest BCUT2D eigenvalue weighted by Gasteiger charge is -2.16. The van der Waals surface area contributed by atoms with Gasteiger partial charge in [-0.15, -0.1) is 0 Å². The zero-order valence-electron chi connectivity index (χ0n) is 18.3. The Balaban J connectivity index is 1.80. The second kappa shape index (κ2) is 18.3. The van der Waals surface area contributed by atoms with Crippen LogP contribution in [0.4, 0.5) is 0 Å². The zero-order valence-corrected chi connectivity index (χ0v) is 18.3. The fourth-order valence-electron chi connectivity index (χ4n) is 3.60. The average Bonchev–Trinajstić information content (AvgIpc) is 2.68. The lowest BCUT2D eigenvalue weighted by Crippen LogP contribution is -2.18. The Morgan fingerprint density at radius 1 is 0.667 bits per heavy atom. The van der Waals surface area contributed by atoms with Crippen molar-refractivity contribution in [3.8, 4) is 0 Å². The van der Waals surface area contributed by atoms with Crippen molar-refractivity contribution in [2.45, 2.75) is 103 Å². The van der Waals surface area contributed by atoms with E-state index in [0.29, 0.717) is 0 Å². The van der Waals surface area contributed by atoms with Crippen molar-refractivity contribution >= 4 is 0 Å². The summed E-state index contributed by atoms with van der Waals surface area (Å²) in [5.74, 6) is 0. The van der Waals surface area contributed by atoms with Crippen LogP contribution < -0.4 is 0 Å². The van der Waals surface area contributed by atoms with E-state index in [1.54, 1.807) is 0 Å². The molecule has 0 spiro atoms. The fourth-order valence-corrected chi connectivity index (χ4v) is 3.60. The molecule has 1 aromatic carbocycles. The third-order valence-corrected chi connectivity index (χ3v) is 5.35. The number of allylic oxidation sites excluding steroid dienone is 2. The third kappa shape index (κ3) is 15.7. The van der Waals surface area contributed by atoms with E-state index in [0.717, 1.165) is 6.54 Å². The zero-order chi connectivity index (χ0) is 19.4. The van der Waals surface area contributed by atoms with Gasteiger partial charge in [0.25, 0.3) is 0 Å². The second-order valence-electron chi connectivity index (χ2n) is 8.16. The highest BCUT2D eigenvalue weighted by Crippen LogP contribution is 2.10. The minimum Gasteiger partial charge on any atom is -0.302 e. The van der Waals surface area contributed by atoms with Crippen LogP contribution in [0.5, 0.6) is 0 Å². The SMILES string of the molecule is CCCCCCCC/C=C\CCCCCCCCN(C)Cc1ccccc1. The molecule has 0 bridgehead atoms. The summed E-state index contributed by atoms with van der Waals surface area (Å²) in [5, 5.41) is 0. The maximum Gasteiger partial charge on any atom is 0.0230 e. The molecular weight excluding hydrogens is 326 g/mol. The van der Waals surface area contributed by atoms with Crippen LogP contribution >= 0.6 is 0 Å². The first-order valence-electron chi connectivity index (χ1n) is 11.7. The van der Waals surface area contributed by atoms with E-state index < -0.39 is 0 Å². The molecular formula is C26H45N. The Labute approximate surface area is 170 Å². The summed E-state index contributed by atoms with van der Waals surface area (Å²) in [5.41, 5.74) is 1.42. The minimum absolute atomic E-state index is 1.08. The molecule has 0 aliphatic carbocycles. The van der Waals surface area contributed by atoms with Crippen molar-refractivity contribution in [3.63, 3.8) is 0 Å². The minimum atomic E-state index is 1.08. The molecule has 0 unspecified atom stereocenters. The smallest absolute Gasteiger partial charge is 0.0230 e.